The highest BCUT2D eigenvalue weighted by atomic mass is 79.9. The van der Waals surface area contributed by atoms with Crippen molar-refractivity contribution in [1.82, 2.24) is 10.2 Å². The van der Waals surface area contributed by atoms with Crippen LogP contribution in [0.25, 0.3) is 0 Å². The van der Waals surface area contributed by atoms with Gasteiger partial charge in [-0.2, -0.15) is 13.2 Å². The van der Waals surface area contributed by atoms with E-state index in [1.54, 1.807) is 6.07 Å². The maximum Gasteiger partial charge on any atom is 0.389 e. The van der Waals surface area contributed by atoms with Crippen LogP contribution in [0.1, 0.15) is 24.4 Å². The number of rotatable bonds is 5. The van der Waals surface area contributed by atoms with E-state index < -0.39 is 18.6 Å². The van der Waals surface area contributed by atoms with Crippen LogP contribution in [0.4, 0.5) is 13.2 Å². The first-order chi connectivity index (χ1) is 11.2. The van der Waals surface area contributed by atoms with E-state index in [0.29, 0.717) is 27.6 Å². The molecule has 9 heteroatoms. The molecule has 0 aromatic heterocycles. The predicted octanol–water partition coefficient (Wildman–Crippen LogP) is 4.21. The molecule has 136 valence electrons. The zero-order valence-electron chi connectivity index (χ0n) is 13.1. The average Bonchev–Trinajstić information content (AvgIpc) is 2.54. The van der Waals surface area contributed by atoms with E-state index in [2.05, 4.69) is 37.2 Å². The van der Waals surface area contributed by atoms with Crippen LogP contribution in [0.5, 0.6) is 11.5 Å². The van der Waals surface area contributed by atoms with Gasteiger partial charge in [0.15, 0.2) is 11.5 Å². The Morgan fingerprint density at radius 2 is 1.92 bits per heavy atom. The van der Waals surface area contributed by atoms with E-state index in [1.807, 2.05) is 4.90 Å². The van der Waals surface area contributed by atoms with Gasteiger partial charge in [0.25, 0.3) is 0 Å². The van der Waals surface area contributed by atoms with Crippen molar-refractivity contribution in [2.75, 3.05) is 33.3 Å². The number of phenols is 1. The van der Waals surface area contributed by atoms with Crippen LogP contribution in [0, 0.1) is 0 Å². The monoisotopic (exact) mass is 474 g/mol. The van der Waals surface area contributed by atoms with Crippen LogP contribution in [0.2, 0.25) is 0 Å². The highest BCUT2D eigenvalue weighted by Crippen LogP contribution is 2.46. The largest absolute Gasteiger partial charge is 0.503 e. The molecule has 0 aliphatic carbocycles. The van der Waals surface area contributed by atoms with Gasteiger partial charge in [0.2, 0.25) is 0 Å². The summed E-state index contributed by atoms with van der Waals surface area (Å²) in [5.41, 5.74) is 0.669. The summed E-state index contributed by atoms with van der Waals surface area (Å²) in [6, 6.07) is 1.18. The van der Waals surface area contributed by atoms with Gasteiger partial charge < -0.3 is 15.2 Å². The van der Waals surface area contributed by atoms with Gasteiger partial charge in [-0.15, -0.1) is 0 Å². The zero-order valence-corrected chi connectivity index (χ0v) is 16.3. The van der Waals surface area contributed by atoms with Gasteiger partial charge in [0.1, 0.15) is 0 Å². The van der Waals surface area contributed by atoms with Crippen molar-refractivity contribution in [2.24, 2.45) is 0 Å². The summed E-state index contributed by atoms with van der Waals surface area (Å²) in [6.45, 7) is 2.79. The Bertz CT molecular complexity index is 579. The molecule has 1 aliphatic heterocycles. The fourth-order valence-electron chi connectivity index (χ4n) is 2.84. The van der Waals surface area contributed by atoms with Crippen LogP contribution in [0.15, 0.2) is 15.0 Å². The Morgan fingerprint density at radius 1 is 1.29 bits per heavy atom. The van der Waals surface area contributed by atoms with E-state index in [-0.39, 0.29) is 17.9 Å². The van der Waals surface area contributed by atoms with Crippen molar-refractivity contribution in [2.45, 2.75) is 25.1 Å². The molecule has 1 fully saturated rings. The molecule has 0 saturated carbocycles. The molecule has 1 aliphatic rings. The average molecular weight is 476 g/mol. The Kier molecular flexibility index (Phi) is 6.81. The van der Waals surface area contributed by atoms with Gasteiger partial charge in [0, 0.05) is 43.1 Å². The molecule has 1 atom stereocenters. The van der Waals surface area contributed by atoms with Crippen molar-refractivity contribution in [3.8, 4) is 11.5 Å². The van der Waals surface area contributed by atoms with Gasteiger partial charge in [-0.3, -0.25) is 4.90 Å². The standard InChI is InChI=1S/C15H19Br2F3N2O2/c1-24-11-8-9(12(16)13(17)14(11)23)10(2-3-15(18,19)20)22-6-4-21-5-7-22/h8,10,21,23H,2-7H2,1H3/t10-/m1/s1. The number of nitrogens with zero attached hydrogens (tertiary/aromatic N) is 1. The number of halogens is 5. The summed E-state index contributed by atoms with van der Waals surface area (Å²) in [5.74, 6) is 0.148. The van der Waals surface area contributed by atoms with Crippen LogP contribution in [-0.4, -0.2) is 49.5 Å². The van der Waals surface area contributed by atoms with Crippen molar-refractivity contribution < 1.29 is 23.0 Å². The van der Waals surface area contributed by atoms with E-state index in [0.717, 1.165) is 13.1 Å². The first kappa shape index (κ1) is 19.8. The molecule has 1 aromatic rings. The minimum absolute atomic E-state index is 0.0531. The Morgan fingerprint density at radius 3 is 2.46 bits per heavy atom. The zero-order chi connectivity index (χ0) is 17.9. The van der Waals surface area contributed by atoms with Crippen LogP contribution in [0.3, 0.4) is 0 Å². The van der Waals surface area contributed by atoms with E-state index in [4.69, 9.17) is 4.74 Å². The highest BCUT2D eigenvalue weighted by Gasteiger charge is 2.33. The Labute approximate surface area is 155 Å². The van der Waals surface area contributed by atoms with Gasteiger partial charge in [0.05, 0.1) is 11.6 Å². The quantitative estimate of drug-likeness (QED) is 0.669. The number of piperazine rings is 1. The van der Waals surface area contributed by atoms with Gasteiger partial charge in [-0.25, -0.2) is 0 Å². The van der Waals surface area contributed by atoms with Gasteiger partial charge in [-0.1, -0.05) is 0 Å². The van der Waals surface area contributed by atoms with Gasteiger partial charge >= 0.3 is 6.18 Å². The number of benzene rings is 1. The third kappa shape index (κ3) is 4.77. The second-order valence-corrected chi connectivity index (χ2v) is 7.19. The molecule has 1 saturated heterocycles. The summed E-state index contributed by atoms with van der Waals surface area (Å²) in [6.07, 6.45) is -5.13. The lowest BCUT2D eigenvalue weighted by Crippen LogP contribution is -2.45. The number of ether oxygens (including phenoxy) is 1. The summed E-state index contributed by atoms with van der Waals surface area (Å²) in [7, 11) is 1.41. The number of hydrogen-bond acceptors (Lipinski definition) is 4. The molecular formula is C15H19Br2F3N2O2. The lowest BCUT2D eigenvalue weighted by Gasteiger charge is -2.36. The molecule has 2 N–H and O–H groups in total. The van der Waals surface area contributed by atoms with Crippen molar-refractivity contribution >= 4 is 31.9 Å². The summed E-state index contributed by atoms with van der Waals surface area (Å²) in [5, 5.41) is 13.3. The Hall–Kier alpha value is -0.510. The third-order valence-corrected chi connectivity index (χ3v) is 6.21. The normalized spacial score (nSPS) is 17.8. The second kappa shape index (κ2) is 8.25. The second-order valence-electron chi connectivity index (χ2n) is 5.60. The van der Waals surface area contributed by atoms with Crippen molar-refractivity contribution in [3.63, 3.8) is 0 Å². The highest BCUT2D eigenvalue weighted by molar-refractivity contribution is 9.13. The first-order valence-corrected chi connectivity index (χ1v) is 9.09. The SMILES string of the molecule is COc1cc([C@@H](CCC(F)(F)F)N2CCNCC2)c(Br)c(Br)c1O. The smallest absolute Gasteiger partial charge is 0.389 e. The number of phenolic OH excluding ortho intramolecular Hbond substituents is 1. The third-order valence-electron chi connectivity index (χ3n) is 4.05. The maximum atomic E-state index is 12.8. The molecule has 0 radical (unpaired) electrons. The molecule has 4 nitrogen and oxygen atoms in total. The molecular weight excluding hydrogens is 457 g/mol. The maximum absolute atomic E-state index is 12.8. The van der Waals surface area contributed by atoms with Crippen LogP contribution < -0.4 is 10.1 Å². The number of nitrogens with one attached hydrogen (secondary N) is 1. The molecule has 1 heterocycles. The minimum atomic E-state index is -4.21. The first-order valence-electron chi connectivity index (χ1n) is 7.51. The number of hydrogen-bond donors (Lipinski definition) is 2. The Balaban J connectivity index is 2.40. The van der Waals surface area contributed by atoms with E-state index in [1.165, 1.54) is 7.11 Å². The predicted molar refractivity (Wildman–Crippen MR) is 92.5 cm³/mol. The molecule has 24 heavy (non-hydrogen) atoms. The minimum Gasteiger partial charge on any atom is -0.503 e. The summed E-state index contributed by atoms with van der Waals surface area (Å²) in [4.78, 5) is 2.03. The van der Waals surface area contributed by atoms with Gasteiger partial charge in [-0.05, 0) is 49.9 Å². The fourth-order valence-corrected chi connectivity index (χ4v) is 3.83. The molecule has 0 unspecified atom stereocenters. The molecule has 0 spiro atoms. The fraction of sp³-hybridized carbons (Fsp3) is 0.600. The number of methoxy groups -OCH3 is 1. The molecule has 0 bridgehead atoms. The van der Waals surface area contributed by atoms with E-state index >= 15 is 0 Å². The van der Waals surface area contributed by atoms with Crippen LogP contribution >= 0.6 is 31.9 Å². The van der Waals surface area contributed by atoms with E-state index in [9.17, 15) is 18.3 Å². The molecule has 2 rings (SSSR count). The van der Waals surface area contributed by atoms with Crippen molar-refractivity contribution in [3.05, 3.63) is 20.6 Å². The lowest BCUT2D eigenvalue weighted by molar-refractivity contribution is -0.138. The summed E-state index contributed by atoms with van der Waals surface area (Å²) < 4.78 is 44.4. The molecule has 0 amide bonds. The lowest BCUT2D eigenvalue weighted by atomic mass is 9.98. The topological polar surface area (TPSA) is 44.7 Å². The molecule has 1 aromatic carbocycles. The van der Waals surface area contributed by atoms with Crippen molar-refractivity contribution in [1.29, 1.82) is 0 Å². The number of alkyl halides is 3. The van der Waals surface area contributed by atoms with Crippen LogP contribution in [-0.2, 0) is 0 Å². The number of aromatic hydroxyl groups is 1. The summed E-state index contributed by atoms with van der Waals surface area (Å²) >= 11 is 6.67.